The van der Waals surface area contributed by atoms with Gasteiger partial charge in [-0.25, -0.2) is 0 Å². The van der Waals surface area contributed by atoms with Crippen LogP contribution in [0.5, 0.6) is 0 Å². The number of rotatable bonds is 4. The first-order chi connectivity index (χ1) is 34.2. The molecule has 0 bridgehead atoms. The van der Waals surface area contributed by atoms with Crippen molar-refractivity contribution in [3.05, 3.63) is 218 Å². The molecule has 1 aromatic heterocycles. The van der Waals surface area contributed by atoms with E-state index in [1.165, 1.54) is 172 Å². The summed E-state index contributed by atoms with van der Waals surface area (Å²) in [4.78, 5) is 2.58. The quantitative estimate of drug-likeness (QED) is 0.155. The highest BCUT2D eigenvalue weighted by Crippen LogP contribution is 2.57. The summed E-state index contributed by atoms with van der Waals surface area (Å²) in [5.74, 6) is 0. The van der Waals surface area contributed by atoms with Gasteiger partial charge in [-0.1, -0.05) is 194 Å². The molecule has 0 amide bonds. The highest BCUT2D eigenvalue weighted by atomic mass is 32.1. The Bertz CT molecular complexity index is 4530. The van der Waals surface area contributed by atoms with Crippen LogP contribution in [0.2, 0.25) is 0 Å². The fourth-order valence-corrected chi connectivity index (χ4v) is 14.3. The normalized spacial score (nSPS) is 12.6. The van der Waals surface area contributed by atoms with Crippen LogP contribution in [0.25, 0.3) is 172 Å². The van der Waals surface area contributed by atoms with E-state index < -0.39 is 0 Å². The molecule has 0 nitrogen and oxygen atoms in total. The molecule has 1 heteroatoms. The fourth-order valence-electron chi connectivity index (χ4n) is 13.0. The van der Waals surface area contributed by atoms with Gasteiger partial charge in [0, 0.05) is 20.9 Å². The van der Waals surface area contributed by atoms with Gasteiger partial charge in [0.25, 0.3) is 0 Å². The molecule has 0 spiro atoms. The second kappa shape index (κ2) is 13.1. The Morgan fingerprint density at radius 3 is 0.754 bits per heavy atom. The Morgan fingerprint density at radius 2 is 0.435 bits per heavy atom. The molecule has 0 fully saturated rings. The standard InChI is InChI=1S/C68H36S/c1-5-37-17-21-47-33-51(34-48-22-18-38(6-1)57(37)61(47)48)67-65(55-31-27-45-15-13-41-9-3-11-43-25-29-53(55)63(45)59(41)43)66(56-32-28-46-16-14-42-10-4-12-44-26-30-54(56)64(46)60(42)44)68(69-67)52-35-49-23-19-39-7-2-8-40-20-24-50(36-52)62(49)58(39)40/h1-36H. The highest BCUT2D eigenvalue weighted by Gasteiger charge is 2.28. The molecule has 17 rings (SSSR count). The molecule has 0 saturated heterocycles. The van der Waals surface area contributed by atoms with Gasteiger partial charge in [0.15, 0.2) is 0 Å². The summed E-state index contributed by atoms with van der Waals surface area (Å²) in [6.45, 7) is 0. The summed E-state index contributed by atoms with van der Waals surface area (Å²) in [5.41, 5.74) is 7.61. The van der Waals surface area contributed by atoms with Gasteiger partial charge in [-0.2, -0.15) is 0 Å². The smallest absolute Gasteiger partial charge is 0.0434 e. The molecule has 0 saturated carbocycles. The average molecular weight is 885 g/mol. The van der Waals surface area contributed by atoms with Gasteiger partial charge in [-0.15, -0.1) is 11.3 Å². The fraction of sp³-hybridized carbons (Fsp3) is 0. The van der Waals surface area contributed by atoms with Crippen molar-refractivity contribution in [1.29, 1.82) is 0 Å². The van der Waals surface area contributed by atoms with E-state index in [0.717, 1.165) is 0 Å². The van der Waals surface area contributed by atoms with Gasteiger partial charge in [-0.05, 0) is 176 Å². The van der Waals surface area contributed by atoms with Gasteiger partial charge in [0.1, 0.15) is 0 Å². The Morgan fingerprint density at radius 1 is 0.203 bits per heavy atom. The van der Waals surface area contributed by atoms with Crippen molar-refractivity contribution in [2.24, 2.45) is 0 Å². The number of thiophene rings is 1. The van der Waals surface area contributed by atoms with Crippen molar-refractivity contribution >= 4 is 141 Å². The average Bonchev–Trinajstić information content (AvgIpc) is 3.80. The predicted molar refractivity (Wildman–Crippen MR) is 301 cm³/mol. The predicted octanol–water partition coefficient (Wildman–Crippen LogP) is 20.0. The monoisotopic (exact) mass is 884 g/mol. The summed E-state index contributed by atoms with van der Waals surface area (Å²) in [6.07, 6.45) is 0. The molecule has 0 radical (unpaired) electrons. The first-order valence-corrected chi connectivity index (χ1v) is 24.9. The first-order valence-electron chi connectivity index (χ1n) is 24.1. The molecular weight excluding hydrogens is 849 g/mol. The van der Waals surface area contributed by atoms with E-state index in [2.05, 4.69) is 218 Å². The van der Waals surface area contributed by atoms with Gasteiger partial charge >= 0.3 is 0 Å². The third-order valence-corrected chi connectivity index (χ3v) is 17.2. The van der Waals surface area contributed by atoms with Crippen LogP contribution in [0.4, 0.5) is 0 Å². The van der Waals surface area contributed by atoms with Crippen LogP contribution in [0.15, 0.2) is 218 Å². The minimum absolute atomic E-state index is 1.24. The topological polar surface area (TPSA) is 0 Å². The summed E-state index contributed by atoms with van der Waals surface area (Å²) < 4.78 is 0. The molecule has 0 aliphatic heterocycles. The lowest BCUT2D eigenvalue weighted by Gasteiger charge is -2.19. The van der Waals surface area contributed by atoms with E-state index in [1.807, 2.05) is 11.3 Å². The summed E-state index contributed by atoms with van der Waals surface area (Å²) >= 11 is 1.97. The van der Waals surface area contributed by atoms with Crippen LogP contribution in [-0.2, 0) is 0 Å². The maximum atomic E-state index is 2.48. The minimum atomic E-state index is 1.24. The summed E-state index contributed by atoms with van der Waals surface area (Å²) in [7, 11) is 0. The van der Waals surface area contributed by atoms with Crippen molar-refractivity contribution in [3.63, 3.8) is 0 Å². The molecule has 1 heterocycles. The van der Waals surface area contributed by atoms with Gasteiger partial charge in [0.2, 0.25) is 0 Å². The lowest BCUT2D eigenvalue weighted by Crippen LogP contribution is -1.92. The second-order valence-electron chi connectivity index (χ2n) is 19.5. The Kier molecular flexibility index (Phi) is 6.92. The Hall–Kier alpha value is -8.62. The SMILES string of the molecule is c1cc2ccc3cc(-c4sc(-c5cc6ccc7cccc8ccc(c5)c6c78)c(-c5ccc6ccc7cccc8ccc5c6c78)c4-c4ccc5ccc6cccc7ccc4c5c67)cc4ccc(c1)c2c34. The Labute approximate surface area is 399 Å². The first kappa shape index (κ1) is 36.5. The Balaban J connectivity index is 1.07. The van der Waals surface area contributed by atoms with Gasteiger partial charge < -0.3 is 0 Å². The maximum Gasteiger partial charge on any atom is 0.0434 e. The maximum absolute atomic E-state index is 2.48. The van der Waals surface area contributed by atoms with Crippen molar-refractivity contribution in [1.82, 2.24) is 0 Å². The molecule has 0 unspecified atom stereocenters. The van der Waals surface area contributed by atoms with Crippen LogP contribution < -0.4 is 0 Å². The van der Waals surface area contributed by atoms with Crippen LogP contribution in [0.1, 0.15) is 0 Å². The van der Waals surface area contributed by atoms with Crippen LogP contribution in [0.3, 0.4) is 0 Å². The van der Waals surface area contributed by atoms with E-state index in [4.69, 9.17) is 0 Å². The number of benzene rings is 16. The van der Waals surface area contributed by atoms with Crippen molar-refractivity contribution in [2.75, 3.05) is 0 Å². The van der Waals surface area contributed by atoms with E-state index in [0.29, 0.717) is 0 Å². The van der Waals surface area contributed by atoms with Crippen LogP contribution >= 0.6 is 11.3 Å². The molecule has 0 atom stereocenters. The molecule has 0 N–H and O–H groups in total. The zero-order valence-electron chi connectivity index (χ0n) is 37.2. The lowest BCUT2D eigenvalue weighted by molar-refractivity contribution is 1.69. The summed E-state index contributed by atoms with van der Waals surface area (Å²) in [6, 6.07) is 83.8. The van der Waals surface area contributed by atoms with Crippen molar-refractivity contribution in [2.45, 2.75) is 0 Å². The zero-order valence-corrected chi connectivity index (χ0v) is 38.0. The molecule has 17 aromatic rings. The van der Waals surface area contributed by atoms with E-state index in [9.17, 15) is 0 Å². The van der Waals surface area contributed by atoms with Crippen molar-refractivity contribution < 1.29 is 0 Å². The van der Waals surface area contributed by atoms with Crippen LogP contribution in [0, 0.1) is 0 Å². The summed E-state index contributed by atoms with van der Waals surface area (Å²) in [5, 5.41) is 31.2. The van der Waals surface area contributed by atoms with Gasteiger partial charge in [-0.3, -0.25) is 0 Å². The minimum Gasteiger partial charge on any atom is -0.134 e. The van der Waals surface area contributed by atoms with E-state index >= 15 is 0 Å². The molecule has 69 heavy (non-hydrogen) atoms. The largest absolute Gasteiger partial charge is 0.134 e. The molecule has 314 valence electrons. The van der Waals surface area contributed by atoms with Gasteiger partial charge in [0.05, 0.1) is 0 Å². The van der Waals surface area contributed by atoms with E-state index in [-0.39, 0.29) is 0 Å². The second-order valence-corrected chi connectivity index (χ2v) is 20.5. The molecule has 16 aromatic carbocycles. The third kappa shape index (κ3) is 4.82. The number of hydrogen-bond donors (Lipinski definition) is 0. The van der Waals surface area contributed by atoms with Crippen molar-refractivity contribution in [3.8, 4) is 43.1 Å². The third-order valence-electron chi connectivity index (χ3n) is 16.0. The lowest BCUT2D eigenvalue weighted by atomic mass is 9.83. The molecular formula is C68H36S. The molecule has 0 aliphatic rings. The van der Waals surface area contributed by atoms with Crippen LogP contribution in [-0.4, -0.2) is 0 Å². The zero-order chi connectivity index (χ0) is 44.6. The number of hydrogen-bond acceptors (Lipinski definition) is 1. The van der Waals surface area contributed by atoms with E-state index in [1.54, 1.807) is 0 Å². The molecule has 0 aliphatic carbocycles. The highest BCUT2D eigenvalue weighted by molar-refractivity contribution is 7.20.